The zero-order chi connectivity index (χ0) is 22.1. The van der Waals surface area contributed by atoms with Gasteiger partial charge >= 0.3 is 0 Å². The molecule has 0 heterocycles. The van der Waals surface area contributed by atoms with Crippen molar-refractivity contribution in [1.29, 1.82) is 0 Å². The van der Waals surface area contributed by atoms with Crippen LogP contribution in [0.25, 0.3) is 0 Å². The molecule has 0 saturated carbocycles. The van der Waals surface area contributed by atoms with Crippen LogP contribution in [0.3, 0.4) is 0 Å². The van der Waals surface area contributed by atoms with Crippen LogP contribution >= 0.6 is 0 Å². The molecule has 1 N–H and O–H groups in total. The average molecular weight is 417 g/mol. The number of hydrazone groups is 1. The second-order valence-electron chi connectivity index (χ2n) is 8.07. The van der Waals surface area contributed by atoms with Gasteiger partial charge in [0.2, 0.25) is 0 Å². The molecule has 0 radical (unpaired) electrons. The van der Waals surface area contributed by atoms with E-state index in [1.54, 1.807) is 18.3 Å². The molecule has 5 heteroatoms. The van der Waals surface area contributed by atoms with Gasteiger partial charge in [0.25, 0.3) is 5.91 Å². The lowest BCUT2D eigenvalue weighted by atomic mass is 9.87. The molecular formula is C26H28N2O3. The number of ether oxygens (including phenoxy) is 2. The first-order valence-corrected chi connectivity index (χ1v) is 10.3. The molecule has 0 atom stereocenters. The molecule has 3 aromatic carbocycles. The number of hydrogen-bond donors (Lipinski definition) is 1. The number of benzene rings is 3. The summed E-state index contributed by atoms with van der Waals surface area (Å²) >= 11 is 0. The fourth-order valence-electron chi connectivity index (χ4n) is 2.90. The highest BCUT2D eigenvalue weighted by atomic mass is 16.5. The summed E-state index contributed by atoms with van der Waals surface area (Å²) < 4.78 is 11.6. The predicted molar refractivity (Wildman–Crippen MR) is 124 cm³/mol. The molecule has 0 aromatic heterocycles. The molecular weight excluding hydrogens is 388 g/mol. The van der Waals surface area contributed by atoms with E-state index in [1.807, 2.05) is 54.6 Å². The second kappa shape index (κ2) is 10.4. The molecule has 0 unspecified atom stereocenters. The van der Waals surface area contributed by atoms with Gasteiger partial charge in [-0.3, -0.25) is 4.79 Å². The number of rotatable bonds is 8. The van der Waals surface area contributed by atoms with Crippen molar-refractivity contribution in [1.82, 2.24) is 5.43 Å². The Balaban J connectivity index is 1.49. The molecule has 3 rings (SSSR count). The minimum absolute atomic E-state index is 0.119. The van der Waals surface area contributed by atoms with Gasteiger partial charge in [-0.05, 0) is 47.4 Å². The third-order valence-electron chi connectivity index (χ3n) is 4.65. The van der Waals surface area contributed by atoms with E-state index in [1.165, 1.54) is 5.56 Å². The summed E-state index contributed by atoms with van der Waals surface area (Å²) in [6.07, 6.45) is 1.57. The van der Waals surface area contributed by atoms with Crippen molar-refractivity contribution in [2.75, 3.05) is 13.2 Å². The van der Waals surface area contributed by atoms with Crippen LogP contribution in [0, 0.1) is 0 Å². The number of hydrogen-bond acceptors (Lipinski definition) is 4. The van der Waals surface area contributed by atoms with E-state index >= 15 is 0 Å². The summed E-state index contributed by atoms with van der Waals surface area (Å²) in [7, 11) is 0. The topological polar surface area (TPSA) is 59.9 Å². The Hall–Kier alpha value is -3.60. The fraction of sp³-hybridized carbons (Fsp3) is 0.231. The van der Waals surface area contributed by atoms with Crippen LogP contribution in [0.1, 0.15) is 42.3 Å². The average Bonchev–Trinajstić information content (AvgIpc) is 2.78. The predicted octanol–water partition coefficient (Wildman–Crippen LogP) is 5.21. The van der Waals surface area contributed by atoms with Crippen molar-refractivity contribution in [3.8, 4) is 11.5 Å². The Morgan fingerprint density at radius 2 is 1.52 bits per heavy atom. The van der Waals surface area contributed by atoms with Crippen LogP contribution in [0.2, 0.25) is 0 Å². The first kappa shape index (κ1) is 22.1. The van der Waals surface area contributed by atoms with E-state index in [0.29, 0.717) is 24.5 Å². The molecule has 0 saturated heterocycles. The number of carbonyl (C=O) groups excluding carboxylic acids is 1. The zero-order valence-electron chi connectivity index (χ0n) is 18.2. The molecule has 0 aliphatic heterocycles. The van der Waals surface area contributed by atoms with Gasteiger partial charge in [0.1, 0.15) is 24.7 Å². The van der Waals surface area contributed by atoms with E-state index in [-0.39, 0.29) is 11.3 Å². The van der Waals surface area contributed by atoms with Crippen LogP contribution in [0.5, 0.6) is 11.5 Å². The molecule has 160 valence electrons. The zero-order valence-corrected chi connectivity index (χ0v) is 18.2. The number of nitrogens with zero attached hydrogens (tertiary/aromatic N) is 1. The SMILES string of the molecule is CC(C)(C)c1ccc(OCCOc2ccccc2/C=N\NC(=O)c2ccccc2)cc1. The highest BCUT2D eigenvalue weighted by Crippen LogP contribution is 2.24. The second-order valence-corrected chi connectivity index (χ2v) is 8.07. The maximum Gasteiger partial charge on any atom is 0.271 e. The molecule has 31 heavy (non-hydrogen) atoms. The van der Waals surface area contributed by atoms with Crippen LogP contribution in [-0.2, 0) is 5.41 Å². The normalized spacial score (nSPS) is 11.3. The van der Waals surface area contributed by atoms with Crippen LogP contribution in [0.4, 0.5) is 0 Å². The van der Waals surface area contributed by atoms with Crippen LogP contribution in [-0.4, -0.2) is 25.3 Å². The Morgan fingerprint density at radius 1 is 0.871 bits per heavy atom. The molecule has 3 aromatic rings. The van der Waals surface area contributed by atoms with Gasteiger partial charge < -0.3 is 9.47 Å². The minimum atomic E-state index is -0.263. The molecule has 0 fully saturated rings. The van der Waals surface area contributed by atoms with Crippen molar-refractivity contribution in [2.45, 2.75) is 26.2 Å². The van der Waals surface area contributed by atoms with Crippen molar-refractivity contribution in [3.63, 3.8) is 0 Å². The maximum absolute atomic E-state index is 12.1. The van der Waals surface area contributed by atoms with E-state index in [9.17, 15) is 4.79 Å². The standard InChI is InChI=1S/C26H28N2O3/c1-26(2,3)22-13-15-23(16-14-22)30-17-18-31-24-12-8-7-11-21(24)19-27-28-25(29)20-9-5-4-6-10-20/h4-16,19H,17-18H2,1-3H3,(H,28,29)/b27-19-. The molecule has 0 spiro atoms. The van der Waals surface area contributed by atoms with Gasteiger partial charge in [0, 0.05) is 11.1 Å². The number of carbonyl (C=O) groups is 1. The van der Waals surface area contributed by atoms with Gasteiger partial charge in [-0.25, -0.2) is 5.43 Å². The molecule has 0 aliphatic rings. The van der Waals surface area contributed by atoms with Crippen molar-refractivity contribution in [3.05, 3.63) is 95.6 Å². The van der Waals surface area contributed by atoms with Gasteiger partial charge in [-0.15, -0.1) is 0 Å². The largest absolute Gasteiger partial charge is 0.490 e. The van der Waals surface area contributed by atoms with Gasteiger partial charge in [-0.2, -0.15) is 5.10 Å². The summed E-state index contributed by atoms with van der Waals surface area (Å²) in [6.45, 7) is 7.37. The third-order valence-corrected chi connectivity index (χ3v) is 4.65. The molecule has 1 amide bonds. The lowest BCUT2D eigenvalue weighted by molar-refractivity contribution is 0.0955. The first-order valence-electron chi connectivity index (χ1n) is 10.3. The summed E-state index contributed by atoms with van der Waals surface area (Å²) in [4.78, 5) is 12.1. The fourth-order valence-corrected chi connectivity index (χ4v) is 2.90. The van der Waals surface area contributed by atoms with Crippen molar-refractivity contribution >= 4 is 12.1 Å². The monoisotopic (exact) mass is 416 g/mol. The Morgan fingerprint density at radius 3 is 2.23 bits per heavy atom. The molecule has 5 nitrogen and oxygen atoms in total. The van der Waals surface area contributed by atoms with E-state index in [4.69, 9.17) is 9.47 Å². The summed E-state index contributed by atoms with van der Waals surface area (Å²) in [5.41, 5.74) is 5.24. The lowest BCUT2D eigenvalue weighted by Crippen LogP contribution is -2.17. The van der Waals surface area contributed by atoms with Gasteiger partial charge in [-0.1, -0.05) is 63.2 Å². The van der Waals surface area contributed by atoms with Crippen molar-refractivity contribution < 1.29 is 14.3 Å². The Kier molecular flexibility index (Phi) is 7.44. The summed E-state index contributed by atoms with van der Waals surface area (Å²) in [6, 6.07) is 24.6. The highest BCUT2D eigenvalue weighted by molar-refractivity contribution is 5.95. The molecule has 0 bridgehead atoms. The van der Waals surface area contributed by atoms with Crippen LogP contribution < -0.4 is 14.9 Å². The maximum atomic E-state index is 12.1. The van der Waals surface area contributed by atoms with Crippen molar-refractivity contribution in [2.24, 2.45) is 5.10 Å². The van der Waals surface area contributed by atoms with Crippen LogP contribution in [0.15, 0.2) is 84.0 Å². The summed E-state index contributed by atoms with van der Waals surface area (Å²) in [5.74, 6) is 1.23. The number of nitrogens with one attached hydrogen (secondary N) is 1. The van der Waals surface area contributed by atoms with E-state index in [0.717, 1.165) is 11.3 Å². The summed E-state index contributed by atoms with van der Waals surface area (Å²) in [5, 5.41) is 4.05. The highest BCUT2D eigenvalue weighted by Gasteiger charge is 2.13. The van der Waals surface area contributed by atoms with Gasteiger partial charge in [0.15, 0.2) is 0 Å². The minimum Gasteiger partial charge on any atom is -0.490 e. The third kappa shape index (κ3) is 6.71. The van der Waals surface area contributed by atoms with E-state index in [2.05, 4.69) is 43.4 Å². The Bertz CT molecular complexity index is 1010. The number of para-hydroxylation sites is 1. The lowest BCUT2D eigenvalue weighted by Gasteiger charge is -2.19. The Labute approximate surface area is 183 Å². The quantitative estimate of drug-likeness (QED) is 0.312. The number of amides is 1. The van der Waals surface area contributed by atoms with Gasteiger partial charge in [0.05, 0.1) is 6.21 Å². The van der Waals surface area contributed by atoms with E-state index < -0.39 is 0 Å². The smallest absolute Gasteiger partial charge is 0.271 e. The molecule has 0 aliphatic carbocycles. The first-order chi connectivity index (χ1) is 14.9.